The normalized spacial score (nSPS) is 15.8. The number of carbonyl (C=O) groups is 4. The number of urea groups is 1. The molecule has 1 aliphatic rings. The molecule has 0 bridgehead atoms. The van der Waals surface area contributed by atoms with Crippen molar-refractivity contribution in [3.05, 3.63) is 65.7 Å². The number of hydrogen-bond acceptors (Lipinski definition) is 4. The Labute approximate surface area is 187 Å². The van der Waals surface area contributed by atoms with Gasteiger partial charge in [-0.1, -0.05) is 56.3 Å². The molecular formula is C24H28N4O4. The van der Waals surface area contributed by atoms with Gasteiger partial charge in [-0.2, -0.15) is 0 Å². The van der Waals surface area contributed by atoms with Gasteiger partial charge in [0, 0.05) is 0 Å². The summed E-state index contributed by atoms with van der Waals surface area (Å²) < 4.78 is 0. The number of para-hydroxylation sites is 1. The van der Waals surface area contributed by atoms with Crippen molar-refractivity contribution in [1.29, 1.82) is 0 Å². The second-order valence-corrected chi connectivity index (χ2v) is 7.81. The summed E-state index contributed by atoms with van der Waals surface area (Å²) in [4.78, 5) is 51.4. The van der Waals surface area contributed by atoms with E-state index in [1.807, 2.05) is 51.1 Å². The minimum Gasteiger partial charge on any atom is -0.345 e. The number of imide groups is 1. The van der Waals surface area contributed by atoms with Gasteiger partial charge in [0.25, 0.3) is 11.8 Å². The third kappa shape index (κ3) is 4.64. The van der Waals surface area contributed by atoms with Crippen LogP contribution in [-0.4, -0.2) is 40.7 Å². The van der Waals surface area contributed by atoms with E-state index in [1.54, 1.807) is 24.3 Å². The van der Waals surface area contributed by atoms with Crippen LogP contribution in [0.25, 0.3) is 0 Å². The van der Waals surface area contributed by atoms with Crippen molar-refractivity contribution < 1.29 is 19.2 Å². The van der Waals surface area contributed by atoms with E-state index in [4.69, 9.17) is 0 Å². The van der Waals surface area contributed by atoms with Crippen molar-refractivity contribution in [2.45, 2.75) is 45.2 Å². The molecule has 1 saturated heterocycles. The number of carbonyl (C=O) groups excluding carboxylic acids is 4. The van der Waals surface area contributed by atoms with Crippen LogP contribution in [0.3, 0.4) is 0 Å². The van der Waals surface area contributed by atoms with Gasteiger partial charge >= 0.3 is 6.03 Å². The molecule has 1 fully saturated rings. The number of amides is 5. The van der Waals surface area contributed by atoms with Crippen LogP contribution < -0.4 is 16.0 Å². The zero-order valence-electron chi connectivity index (χ0n) is 18.5. The highest BCUT2D eigenvalue weighted by atomic mass is 16.2. The minimum absolute atomic E-state index is 0.227. The Balaban J connectivity index is 1.70. The fraction of sp³-hybridized carbons (Fsp3) is 0.333. The van der Waals surface area contributed by atoms with Gasteiger partial charge < -0.3 is 16.0 Å². The van der Waals surface area contributed by atoms with Gasteiger partial charge in [-0.3, -0.25) is 19.3 Å². The maximum Gasteiger partial charge on any atom is 0.325 e. The highest BCUT2D eigenvalue weighted by Gasteiger charge is 2.49. The minimum atomic E-state index is -0.970. The first kappa shape index (κ1) is 23.0. The summed E-state index contributed by atoms with van der Waals surface area (Å²) in [7, 11) is 0. The summed E-state index contributed by atoms with van der Waals surface area (Å²) >= 11 is 0. The number of anilines is 1. The number of rotatable bonds is 8. The molecule has 0 spiro atoms. The van der Waals surface area contributed by atoms with Gasteiger partial charge in [-0.05, 0) is 37.5 Å². The van der Waals surface area contributed by atoms with E-state index >= 15 is 0 Å². The molecular weight excluding hydrogens is 408 g/mol. The zero-order chi connectivity index (χ0) is 23.3. The molecule has 8 nitrogen and oxygen atoms in total. The highest BCUT2D eigenvalue weighted by Crippen LogP contribution is 2.25. The van der Waals surface area contributed by atoms with Gasteiger partial charge in [-0.15, -0.1) is 0 Å². The Kier molecular flexibility index (Phi) is 6.92. The molecule has 1 atom stereocenters. The van der Waals surface area contributed by atoms with Crippen molar-refractivity contribution in [1.82, 2.24) is 15.5 Å². The van der Waals surface area contributed by atoms with Gasteiger partial charge in [0.1, 0.15) is 12.1 Å². The van der Waals surface area contributed by atoms with Crippen LogP contribution in [0.1, 0.15) is 55.6 Å². The van der Waals surface area contributed by atoms with Crippen LogP contribution in [0.15, 0.2) is 54.6 Å². The quantitative estimate of drug-likeness (QED) is 0.552. The monoisotopic (exact) mass is 436 g/mol. The standard InChI is InChI=1S/C24H28N4O4/c1-4-24(5-2)22(31)28(23(32)27-24)15-20(29)26-19-14-10-9-13-18(19)21(30)25-16(3)17-11-7-6-8-12-17/h6-14,16H,4-5,15H2,1-3H3,(H,25,30)(H,26,29)(H,27,32). The van der Waals surface area contributed by atoms with Crippen LogP contribution in [0.4, 0.5) is 10.5 Å². The van der Waals surface area contributed by atoms with E-state index in [2.05, 4.69) is 16.0 Å². The molecule has 8 heteroatoms. The van der Waals surface area contributed by atoms with E-state index in [9.17, 15) is 19.2 Å². The molecule has 1 aliphatic heterocycles. The van der Waals surface area contributed by atoms with Crippen LogP contribution in [-0.2, 0) is 9.59 Å². The van der Waals surface area contributed by atoms with Gasteiger partial charge in [0.05, 0.1) is 17.3 Å². The third-order valence-corrected chi connectivity index (χ3v) is 5.85. The van der Waals surface area contributed by atoms with Crippen molar-refractivity contribution in [3.63, 3.8) is 0 Å². The van der Waals surface area contributed by atoms with E-state index in [-0.39, 0.29) is 17.5 Å². The smallest absolute Gasteiger partial charge is 0.325 e. The number of nitrogens with zero attached hydrogens (tertiary/aromatic N) is 1. The molecule has 1 heterocycles. The lowest BCUT2D eigenvalue weighted by molar-refractivity contribution is -0.134. The average Bonchev–Trinajstić information content (AvgIpc) is 3.04. The molecule has 2 aromatic carbocycles. The average molecular weight is 437 g/mol. The molecule has 3 N–H and O–H groups in total. The fourth-order valence-electron chi connectivity index (χ4n) is 3.77. The first-order valence-electron chi connectivity index (χ1n) is 10.7. The lowest BCUT2D eigenvalue weighted by atomic mass is 9.93. The molecule has 3 rings (SSSR count). The summed E-state index contributed by atoms with van der Waals surface area (Å²) in [5.74, 6) is -1.32. The summed E-state index contributed by atoms with van der Waals surface area (Å²) in [5.41, 5.74) is 0.580. The Morgan fingerprint density at radius 1 is 1.00 bits per heavy atom. The molecule has 168 valence electrons. The summed E-state index contributed by atoms with van der Waals surface area (Å²) in [6.07, 6.45) is 0.879. The summed E-state index contributed by atoms with van der Waals surface area (Å²) in [6, 6.07) is 15.3. The van der Waals surface area contributed by atoms with Crippen LogP contribution in [0, 0.1) is 0 Å². The number of nitrogens with one attached hydrogen (secondary N) is 3. The Bertz CT molecular complexity index is 1020. The molecule has 32 heavy (non-hydrogen) atoms. The SMILES string of the molecule is CCC1(CC)NC(=O)N(CC(=O)Nc2ccccc2C(=O)NC(C)c2ccccc2)C1=O. The van der Waals surface area contributed by atoms with Crippen molar-refractivity contribution in [2.24, 2.45) is 0 Å². The van der Waals surface area contributed by atoms with Crippen LogP contribution >= 0.6 is 0 Å². The first-order valence-corrected chi connectivity index (χ1v) is 10.7. The molecule has 0 radical (unpaired) electrons. The maximum absolute atomic E-state index is 12.9. The Morgan fingerprint density at radius 3 is 2.25 bits per heavy atom. The van der Waals surface area contributed by atoms with E-state index < -0.39 is 29.9 Å². The number of benzene rings is 2. The number of hydrogen-bond donors (Lipinski definition) is 3. The van der Waals surface area contributed by atoms with Crippen molar-refractivity contribution in [3.8, 4) is 0 Å². The fourth-order valence-corrected chi connectivity index (χ4v) is 3.77. The van der Waals surface area contributed by atoms with Gasteiger partial charge in [0.2, 0.25) is 5.91 Å². The topological polar surface area (TPSA) is 108 Å². The van der Waals surface area contributed by atoms with E-state index in [1.165, 1.54) is 0 Å². The second-order valence-electron chi connectivity index (χ2n) is 7.81. The van der Waals surface area contributed by atoms with Crippen LogP contribution in [0.2, 0.25) is 0 Å². The van der Waals surface area contributed by atoms with Crippen LogP contribution in [0.5, 0.6) is 0 Å². The molecule has 5 amide bonds. The summed E-state index contributed by atoms with van der Waals surface area (Å²) in [6.45, 7) is 5.08. The lowest BCUT2D eigenvalue weighted by Gasteiger charge is -2.23. The largest absolute Gasteiger partial charge is 0.345 e. The second kappa shape index (κ2) is 9.64. The van der Waals surface area contributed by atoms with Gasteiger partial charge in [-0.25, -0.2) is 4.79 Å². The molecule has 2 aromatic rings. The maximum atomic E-state index is 12.9. The highest BCUT2D eigenvalue weighted by molar-refractivity contribution is 6.11. The molecule has 0 aromatic heterocycles. The molecule has 0 saturated carbocycles. The first-order chi connectivity index (χ1) is 15.3. The Morgan fingerprint density at radius 2 is 1.62 bits per heavy atom. The predicted octanol–water partition coefficient (Wildman–Crippen LogP) is 3.23. The zero-order valence-corrected chi connectivity index (χ0v) is 18.5. The summed E-state index contributed by atoms with van der Waals surface area (Å²) in [5, 5.41) is 8.28. The van der Waals surface area contributed by atoms with Crippen molar-refractivity contribution >= 4 is 29.4 Å². The third-order valence-electron chi connectivity index (χ3n) is 5.85. The van der Waals surface area contributed by atoms with Gasteiger partial charge in [0.15, 0.2) is 0 Å². The Hall–Kier alpha value is -3.68. The van der Waals surface area contributed by atoms with Crippen molar-refractivity contribution in [2.75, 3.05) is 11.9 Å². The van der Waals surface area contributed by atoms with E-state index in [0.29, 0.717) is 18.5 Å². The molecule has 1 unspecified atom stereocenters. The lowest BCUT2D eigenvalue weighted by Crippen LogP contribution is -2.46. The predicted molar refractivity (Wildman–Crippen MR) is 121 cm³/mol. The van der Waals surface area contributed by atoms with E-state index in [0.717, 1.165) is 10.5 Å². The molecule has 0 aliphatic carbocycles.